The number of ether oxygens (including phenoxy) is 1. The Hall–Kier alpha value is -4.67. The molecule has 0 N–H and O–H groups in total. The third-order valence-electron chi connectivity index (χ3n) is 7.00. The predicted octanol–water partition coefficient (Wildman–Crippen LogP) is 4.54. The number of carbonyl (C=O) groups is 1. The van der Waals surface area contributed by atoms with Gasteiger partial charge in [0.1, 0.15) is 0 Å². The standard InChI is InChI=1S/C32H25N3O3S/c1-4-17-34-19-22(24-14-8-9-16-26(24)34)18-27-30(36)35-29(25-15-10-12-21-11-6-7-13-23(21)25)28(31(37)38-5-2)20(3)33-32(35)39-27/h1,6-16,18-19,29H,5,17H2,2-3H3/b27-18+/t29-/m1/s1. The number of para-hydroxylation sites is 1. The molecule has 7 heteroatoms. The highest BCUT2D eigenvalue weighted by Crippen LogP contribution is 2.34. The second-order valence-electron chi connectivity index (χ2n) is 9.30. The molecule has 0 bridgehead atoms. The molecule has 1 atom stereocenters. The Kier molecular flexibility index (Phi) is 6.26. The molecule has 0 aliphatic carbocycles. The van der Waals surface area contributed by atoms with Crippen molar-refractivity contribution in [3.63, 3.8) is 0 Å². The molecule has 192 valence electrons. The van der Waals surface area contributed by atoms with Crippen LogP contribution in [0.1, 0.15) is 31.0 Å². The summed E-state index contributed by atoms with van der Waals surface area (Å²) < 4.78 is 9.62. The van der Waals surface area contributed by atoms with Crippen LogP contribution in [0.2, 0.25) is 0 Å². The van der Waals surface area contributed by atoms with Gasteiger partial charge in [-0.2, -0.15) is 0 Å². The van der Waals surface area contributed by atoms with Gasteiger partial charge >= 0.3 is 5.97 Å². The SMILES string of the molecule is C#CCn1cc(/C=c2/sc3n(c2=O)[C@H](c2cccc4ccccc24)C(C(=O)OCC)=C(C)N=3)c2ccccc21. The van der Waals surface area contributed by atoms with Crippen molar-refractivity contribution in [3.05, 3.63) is 115 Å². The summed E-state index contributed by atoms with van der Waals surface area (Å²) in [6, 6.07) is 21.2. The van der Waals surface area contributed by atoms with Crippen LogP contribution in [0, 0.1) is 12.3 Å². The highest BCUT2D eigenvalue weighted by atomic mass is 32.1. The van der Waals surface area contributed by atoms with Crippen molar-refractivity contribution in [2.45, 2.75) is 26.4 Å². The normalized spacial score (nSPS) is 15.3. The number of benzene rings is 3. The number of allylic oxidation sites excluding steroid dienone is 1. The van der Waals surface area contributed by atoms with Crippen LogP contribution in [0.3, 0.4) is 0 Å². The lowest BCUT2D eigenvalue weighted by molar-refractivity contribution is -0.139. The minimum atomic E-state index is -0.670. The van der Waals surface area contributed by atoms with E-state index < -0.39 is 12.0 Å². The smallest absolute Gasteiger partial charge is 0.338 e. The largest absolute Gasteiger partial charge is 0.463 e. The summed E-state index contributed by atoms with van der Waals surface area (Å²) in [5, 5.41) is 3.00. The average molecular weight is 532 g/mol. The zero-order chi connectivity index (χ0) is 27.1. The second-order valence-corrected chi connectivity index (χ2v) is 10.3. The number of aromatic nitrogens is 2. The van der Waals surface area contributed by atoms with Crippen LogP contribution in [0.15, 0.2) is 94.0 Å². The van der Waals surface area contributed by atoms with Gasteiger partial charge in [0.2, 0.25) is 0 Å². The van der Waals surface area contributed by atoms with Crippen molar-refractivity contribution >= 4 is 45.1 Å². The van der Waals surface area contributed by atoms with Crippen LogP contribution in [0.5, 0.6) is 0 Å². The quantitative estimate of drug-likeness (QED) is 0.247. The minimum Gasteiger partial charge on any atom is -0.463 e. The lowest BCUT2D eigenvalue weighted by Crippen LogP contribution is -2.40. The van der Waals surface area contributed by atoms with Gasteiger partial charge in [-0.15, -0.1) is 6.42 Å². The van der Waals surface area contributed by atoms with Crippen LogP contribution >= 0.6 is 11.3 Å². The summed E-state index contributed by atoms with van der Waals surface area (Å²) in [7, 11) is 0. The van der Waals surface area contributed by atoms with Gasteiger partial charge in [-0.3, -0.25) is 9.36 Å². The van der Waals surface area contributed by atoms with Gasteiger partial charge < -0.3 is 9.30 Å². The summed E-state index contributed by atoms with van der Waals surface area (Å²) >= 11 is 1.32. The van der Waals surface area contributed by atoms with E-state index in [9.17, 15) is 9.59 Å². The van der Waals surface area contributed by atoms with Gasteiger partial charge in [-0.05, 0) is 42.3 Å². The summed E-state index contributed by atoms with van der Waals surface area (Å²) in [6.45, 7) is 4.23. The molecule has 0 spiro atoms. The summed E-state index contributed by atoms with van der Waals surface area (Å²) in [6.07, 6.45) is 9.46. The molecular weight excluding hydrogens is 506 g/mol. The number of terminal acetylenes is 1. The van der Waals surface area contributed by atoms with Gasteiger partial charge in [0.05, 0.1) is 35.0 Å². The van der Waals surface area contributed by atoms with E-state index in [-0.39, 0.29) is 12.2 Å². The first kappa shape index (κ1) is 24.7. The molecule has 0 amide bonds. The molecule has 0 saturated heterocycles. The average Bonchev–Trinajstić information content (AvgIpc) is 3.44. The molecule has 3 aromatic carbocycles. The van der Waals surface area contributed by atoms with Gasteiger partial charge in [0.15, 0.2) is 4.80 Å². The van der Waals surface area contributed by atoms with E-state index >= 15 is 0 Å². The van der Waals surface area contributed by atoms with Crippen molar-refractivity contribution in [1.82, 2.24) is 9.13 Å². The number of hydrogen-bond acceptors (Lipinski definition) is 5. The maximum atomic E-state index is 14.1. The van der Waals surface area contributed by atoms with E-state index in [0.717, 1.165) is 32.8 Å². The highest BCUT2D eigenvalue weighted by Gasteiger charge is 2.34. The number of thiazole rings is 1. The number of hydrogen-bond donors (Lipinski definition) is 0. The van der Waals surface area contributed by atoms with E-state index in [1.54, 1.807) is 18.4 Å². The topological polar surface area (TPSA) is 65.6 Å². The first-order valence-electron chi connectivity index (χ1n) is 12.7. The number of rotatable bonds is 5. The van der Waals surface area contributed by atoms with Crippen LogP contribution in [0.4, 0.5) is 0 Å². The van der Waals surface area contributed by atoms with Crippen LogP contribution in [-0.4, -0.2) is 21.7 Å². The molecule has 3 heterocycles. The van der Waals surface area contributed by atoms with E-state index in [2.05, 4.69) is 5.92 Å². The molecule has 5 aromatic rings. The Balaban J connectivity index is 1.62. The molecule has 0 unspecified atom stereocenters. The Morgan fingerprint density at radius 1 is 1.10 bits per heavy atom. The maximum Gasteiger partial charge on any atom is 0.338 e. The number of nitrogens with zero attached hydrogens (tertiary/aromatic N) is 3. The van der Waals surface area contributed by atoms with E-state index in [4.69, 9.17) is 16.2 Å². The van der Waals surface area contributed by atoms with Crippen LogP contribution in [-0.2, 0) is 16.1 Å². The third kappa shape index (κ3) is 4.10. The first-order chi connectivity index (χ1) is 19.0. The van der Waals surface area contributed by atoms with Gasteiger partial charge in [-0.1, -0.05) is 77.9 Å². The molecule has 1 aliphatic heterocycles. The van der Waals surface area contributed by atoms with Gasteiger partial charge in [0, 0.05) is 22.7 Å². The van der Waals surface area contributed by atoms with E-state index in [1.807, 2.05) is 83.6 Å². The summed E-state index contributed by atoms with van der Waals surface area (Å²) in [5.41, 5.74) is 3.46. The van der Waals surface area contributed by atoms with Crippen molar-refractivity contribution in [1.29, 1.82) is 0 Å². The highest BCUT2D eigenvalue weighted by molar-refractivity contribution is 7.07. The lowest BCUT2D eigenvalue weighted by Gasteiger charge is -2.25. The molecular formula is C32H25N3O3S. The van der Waals surface area contributed by atoms with E-state index in [0.29, 0.717) is 27.1 Å². The second kappa shape index (κ2) is 9.90. The van der Waals surface area contributed by atoms with E-state index in [1.165, 1.54) is 11.3 Å². The van der Waals surface area contributed by atoms with Crippen LogP contribution < -0.4 is 14.9 Å². The maximum absolute atomic E-state index is 14.1. The Morgan fingerprint density at radius 3 is 2.64 bits per heavy atom. The third-order valence-corrected chi connectivity index (χ3v) is 7.99. The number of carbonyl (C=O) groups excluding carboxylic acids is 1. The summed E-state index contributed by atoms with van der Waals surface area (Å²) in [4.78, 5) is 32.6. The molecule has 0 radical (unpaired) electrons. The van der Waals surface area contributed by atoms with Crippen molar-refractivity contribution in [3.8, 4) is 12.3 Å². The Morgan fingerprint density at radius 2 is 1.85 bits per heavy atom. The predicted molar refractivity (Wildman–Crippen MR) is 155 cm³/mol. The van der Waals surface area contributed by atoms with Crippen molar-refractivity contribution in [2.75, 3.05) is 6.61 Å². The molecule has 1 aliphatic rings. The van der Waals surface area contributed by atoms with Gasteiger partial charge in [0.25, 0.3) is 5.56 Å². The van der Waals surface area contributed by atoms with Crippen molar-refractivity contribution < 1.29 is 9.53 Å². The Bertz CT molecular complexity index is 2030. The zero-order valence-electron chi connectivity index (χ0n) is 21.5. The molecule has 6 nitrogen and oxygen atoms in total. The monoisotopic (exact) mass is 531 g/mol. The fourth-order valence-corrected chi connectivity index (χ4v) is 6.37. The minimum absolute atomic E-state index is 0.209. The molecule has 0 saturated carbocycles. The fraction of sp³-hybridized carbons (Fsp3) is 0.156. The van der Waals surface area contributed by atoms with Crippen LogP contribution in [0.25, 0.3) is 27.8 Å². The lowest BCUT2D eigenvalue weighted by atomic mass is 9.91. The Labute approximate surface area is 228 Å². The number of fused-ring (bicyclic) bond motifs is 3. The molecule has 6 rings (SSSR count). The number of esters is 1. The zero-order valence-corrected chi connectivity index (χ0v) is 22.4. The molecule has 39 heavy (non-hydrogen) atoms. The van der Waals surface area contributed by atoms with Gasteiger partial charge in [-0.25, -0.2) is 9.79 Å². The molecule has 2 aromatic heterocycles. The molecule has 0 fully saturated rings. The fourth-order valence-electron chi connectivity index (χ4n) is 5.34. The first-order valence-corrected chi connectivity index (χ1v) is 13.5. The van der Waals surface area contributed by atoms with Crippen molar-refractivity contribution in [2.24, 2.45) is 4.99 Å². The summed E-state index contributed by atoms with van der Waals surface area (Å²) in [5.74, 6) is 2.23.